The lowest BCUT2D eigenvalue weighted by Gasteiger charge is -2.18. The number of amides is 2. The molecule has 0 saturated heterocycles. The molecule has 1 aromatic carbocycles. The molecule has 1 aliphatic heterocycles. The number of nitrogens with one attached hydrogen (secondary N) is 2. The van der Waals surface area contributed by atoms with Crippen molar-refractivity contribution in [2.24, 2.45) is 0 Å². The first kappa shape index (κ1) is 17.8. The fourth-order valence-corrected chi connectivity index (χ4v) is 4.15. The molecule has 0 atom stereocenters. The topological polar surface area (TPSA) is 94.6 Å². The molecule has 0 unspecified atom stereocenters. The number of aromatic nitrogens is 2. The third-order valence-corrected chi connectivity index (χ3v) is 5.62. The van der Waals surface area contributed by atoms with Gasteiger partial charge in [0.2, 0.25) is 11.9 Å². The Hall–Kier alpha value is -2.55. The molecular formula is C18H22N4O4S. The van der Waals surface area contributed by atoms with Crippen LogP contribution in [0.25, 0.3) is 0 Å². The summed E-state index contributed by atoms with van der Waals surface area (Å²) in [6, 6.07) is 5.07. The summed E-state index contributed by atoms with van der Waals surface area (Å²) < 4.78 is 16.2. The summed E-state index contributed by atoms with van der Waals surface area (Å²) in [6.07, 6.45) is 6.13. The van der Waals surface area contributed by atoms with Gasteiger partial charge in [-0.15, -0.1) is 10.2 Å². The molecule has 2 aliphatic rings. The highest BCUT2D eigenvalue weighted by Gasteiger charge is 2.20. The average Bonchev–Trinajstić information content (AvgIpc) is 3.35. The van der Waals surface area contributed by atoms with E-state index in [0.717, 1.165) is 17.8 Å². The monoisotopic (exact) mass is 390 g/mol. The van der Waals surface area contributed by atoms with Gasteiger partial charge in [-0.25, -0.2) is 4.79 Å². The summed E-state index contributed by atoms with van der Waals surface area (Å²) in [5.74, 6) is 2.54. The van der Waals surface area contributed by atoms with E-state index in [1.165, 1.54) is 30.6 Å². The van der Waals surface area contributed by atoms with Gasteiger partial charge in [0.15, 0.2) is 11.5 Å². The van der Waals surface area contributed by atoms with E-state index in [0.29, 0.717) is 41.4 Å². The van der Waals surface area contributed by atoms with Crippen LogP contribution in [0.4, 0.5) is 9.93 Å². The van der Waals surface area contributed by atoms with Crippen LogP contribution in [0.5, 0.6) is 17.2 Å². The molecule has 2 heterocycles. The van der Waals surface area contributed by atoms with Gasteiger partial charge >= 0.3 is 6.03 Å². The van der Waals surface area contributed by atoms with E-state index in [9.17, 15) is 4.79 Å². The zero-order valence-corrected chi connectivity index (χ0v) is 15.7. The van der Waals surface area contributed by atoms with Gasteiger partial charge < -0.3 is 19.5 Å². The third kappa shape index (κ3) is 4.60. The summed E-state index contributed by atoms with van der Waals surface area (Å²) in [6.45, 7) is 0.944. The molecule has 8 nitrogen and oxygen atoms in total. The van der Waals surface area contributed by atoms with Crippen LogP contribution in [-0.4, -0.2) is 36.2 Å². The molecule has 4 rings (SSSR count). The second-order valence-electron chi connectivity index (χ2n) is 6.52. The van der Waals surface area contributed by atoms with Crippen molar-refractivity contribution in [3.05, 3.63) is 23.2 Å². The lowest BCUT2D eigenvalue weighted by molar-refractivity contribution is 0.173. The van der Waals surface area contributed by atoms with Gasteiger partial charge in [-0.3, -0.25) is 5.32 Å². The van der Waals surface area contributed by atoms with Crippen LogP contribution in [-0.2, 0) is 0 Å². The smallest absolute Gasteiger partial charge is 0.321 e. The Morgan fingerprint density at radius 2 is 2.04 bits per heavy atom. The molecule has 144 valence electrons. The molecule has 0 bridgehead atoms. The van der Waals surface area contributed by atoms with Crippen molar-refractivity contribution in [2.45, 2.75) is 38.0 Å². The van der Waals surface area contributed by atoms with Gasteiger partial charge in [-0.2, -0.15) is 0 Å². The fraction of sp³-hybridized carbons (Fsp3) is 0.500. The third-order valence-electron chi connectivity index (χ3n) is 4.62. The van der Waals surface area contributed by atoms with Crippen molar-refractivity contribution in [1.82, 2.24) is 15.5 Å². The number of ether oxygens (including phenoxy) is 3. The number of nitrogens with zero attached hydrogens (tertiary/aromatic N) is 2. The minimum atomic E-state index is -0.310. The number of rotatable bonds is 6. The summed E-state index contributed by atoms with van der Waals surface area (Å²) in [5.41, 5.74) is 0. The number of hydrogen-bond acceptors (Lipinski definition) is 7. The van der Waals surface area contributed by atoms with Crippen molar-refractivity contribution in [2.75, 3.05) is 25.3 Å². The maximum atomic E-state index is 12.0. The van der Waals surface area contributed by atoms with Crippen LogP contribution in [0.3, 0.4) is 0 Å². The molecule has 1 aromatic heterocycles. The maximum absolute atomic E-state index is 12.0. The molecule has 2 aromatic rings. The summed E-state index contributed by atoms with van der Waals surface area (Å²) >= 11 is 1.46. The summed E-state index contributed by atoms with van der Waals surface area (Å²) in [7, 11) is 0. The van der Waals surface area contributed by atoms with Gasteiger partial charge in [0, 0.05) is 12.0 Å². The molecule has 1 fully saturated rings. The zero-order chi connectivity index (χ0) is 18.5. The number of hydrogen-bond donors (Lipinski definition) is 2. The molecule has 0 spiro atoms. The molecule has 27 heavy (non-hydrogen) atoms. The Labute approximate surface area is 161 Å². The molecule has 2 N–H and O–H groups in total. The first-order chi connectivity index (χ1) is 13.3. The van der Waals surface area contributed by atoms with Crippen LogP contribution < -0.4 is 24.8 Å². The predicted octanol–water partition coefficient (Wildman–Crippen LogP) is 3.52. The number of carbonyl (C=O) groups excluding carboxylic acids is 1. The quantitative estimate of drug-likeness (QED) is 0.733. The molecule has 1 saturated carbocycles. The van der Waals surface area contributed by atoms with Gasteiger partial charge in [0.1, 0.15) is 17.4 Å². The van der Waals surface area contributed by atoms with Crippen molar-refractivity contribution in [3.8, 4) is 17.2 Å². The van der Waals surface area contributed by atoms with Crippen molar-refractivity contribution >= 4 is 22.5 Å². The van der Waals surface area contributed by atoms with Gasteiger partial charge in [0.25, 0.3) is 0 Å². The molecular weight excluding hydrogens is 368 g/mol. The second kappa shape index (κ2) is 8.43. The van der Waals surface area contributed by atoms with Crippen molar-refractivity contribution < 1.29 is 19.0 Å². The Bertz CT molecular complexity index is 791. The number of carbonyl (C=O) groups is 1. The lowest BCUT2D eigenvalue weighted by atomic mass is 9.90. The van der Waals surface area contributed by atoms with Crippen LogP contribution in [0, 0.1) is 0 Å². The highest BCUT2D eigenvalue weighted by Crippen LogP contribution is 2.36. The number of anilines is 1. The van der Waals surface area contributed by atoms with Crippen LogP contribution in [0.15, 0.2) is 18.2 Å². The normalized spacial score (nSPS) is 16.1. The fourth-order valence-electron chi connectivity index (χ4n) is 3.24. The summed E-state index contributed by atoms with van der Waals surface area (Å²) in [4.78, 5) is 12.0. The van der Waals surface area contributed by atoms with E-state index in [4.69, 9.17) is 14.2 Å². The van der Waals surface area contributed by atoms with Gasteiger partial charge in [-0.1, -0.05) is 30.6 Å². The first-order valence-electron chi connectivity index (χ1n) is 9.18. The van der Waals surface area contributed by atoms with Crippen molar-refractivity contribution in [3.63, 3.8) is 0 Å². The Morgan fingerprint density at radius 3 is 2.93 bits per heavy atom. The van der Waals surface area contributed by atoms with E-state index in [1.807, 2.05) is 6.07 Å². The molecule has 9 heteroatoms. The first-order valence-corrected chi connectivity index (χ1v) is 10.0. The van der Waals surface area contributed by atoms with Gasteiger partial charge in [-0.05, 0) is 25.0 Å². The van der Waals surface area contributed by atoms with Crippen LogP contribution >= 0.6 is 11.3 Å². The van der Waals surface area contributed by atoms with Crippen LogP contribution in [0.2, 0.25) is 0 Å². The van der Waals surface area contributed by atoms with Crippen LogP contribution in [0.1, 0.15) is 43.0 Å². The minimum Gasteiger partial charge on any atom is -0.492 e. The number of benzene rings is 1. The number of fused-ring (bicyclic) bond motifs is 1. The van der Waals surface area contributed by atoms with E-state index in [-0.39, 0.29) is 12.8 Å². The van der Waals surface area contributed by atoms with E-state index in [2.05, 4.69) is 20.8 Å². The molecule has 1 aliphatic carbocycles. The number of urea groups is 1. The van der Waals surface area contributed by atoms with E-state index < -0.39 is 0 Å². The maximum Gasteiger partial charge on any atom is 0.321 e. The Morgan fingerprint density at radius 1 is 1.19 bits per heavy atom. The van der Waals surface area contributed by atoms with Gasteiger partial charge in [0.05, 0.1) is 6.54 Å². The highest BCUT2D eigenvalue weighted by molar-refractivity contribution is 7.15. The second-order valence-corrected chi connectivity index (χ2v) is 7.53. The SMILES string of the molecule is O=C(NCCOc1ccc2c(c1)OCO2)Nc1nnc(C2CCCCC2)s1. The highest BCUT2D eigenvalue weighted by atomic mass is 32.1. The van der Waals surface area contributed by atoms with Crippen molar-refractivity contribution in [1.29, 1.82) is 0 Å². The molecule has 0 radical (unpaired) electrons. The Kier molecular flexibility index (Phi) is 5.57. The predicted molar refractivity (Wildman–Crippen MR) is 101 cm³/mol. The largest absolute Gasteiger partial charge is 0.492 e. The average molecular weight is 390 g/mol. The lowest BCUT2D eigenvalue weighted by Crippen LogP contribution is -2.32. The van der Waals surface area contributed by atoms with E-state index in [1.54, 1.807) is 12.1 Å². The standard InChI is InChI=1S/C18H22N4O4S/c23-17(20-18-22-21-16(27-18)12-4-2-1-3-5-12)19-8-9-24-13-6-7-14-15(10-13)26-11-25-14/h6-7,10,12H,1-5,8-9,11H2,(H2,19,20,22,23). The Balaban J connectivity index is 1.18. The summed E-state index contributed by atoms with van der Waals surface area (Å²) in [5, 5.41) is 15.4. The minimum absolute atomic E-state index is 0.231. The zero-order valence-electron chi connectivity index (χ0n) is 14.9. The van der Waals surface area contributed by atoms with E-state index >= 15 is 0 Å². The molecule has 2 amide bonds.